The first-order valence-corrected chi connectivity index (χ1v) is 7.70. The molecule has 1 fully saturated rings. The second-order valence-corrected chi connectivity index (χ2v) is 6.58. The van der Waals surface area contributed by atoms with Gasteiger partial charge >= 0.3 is 5.97 Å². The van der Waals surface area contributed by atoms with Crippen molar-refractivity contribution in [2.75, 3.05) is 5.75 Å². The van der Waals surface area contributed by atoms with Gasteiger partial charge in [-0.25, -0.2) is 4.79 Å². The van der Waals surface area contributed by atoms with E-state index in [2.05, 4.69) is 5.32 Å². The van der Waals surface area contributed by atoms with E-state index in [1.54, 1.807) is 11.3 Å². The van der Waals surface area contributed by atoms with Gasteiger partial charge in [-0.2, -0.15) is 0 Å². The highest BCUT2D eigenvalue weighted by molar-refractivity contribution is 8.01. The summed E-state index contributed by atoms with van der Waals surface area (Å²) < 4.78 is 1.07. The zero-order chi connectivity index (χ0) is 13.0. The van der Waals surface area contributed by atoms with Crippen molar-refractivity contribution in [2.45, 2.75) is 29.5 Å². The predicted molar refractivity (Wildman–Crippen MR) is 72.0 cm³/mol. The molecule has 0 radical (unpaired) electrons. The van der Waals surface area contributed by atoms with Crippen LogP contribution in [0.5, 0.6) is 0 Å². The summed E-state index contributed by atoms with van der Waals surface area (Å²) in [5, 5.41) is 13.6. The number of aliphatic carboxylic acids is 1. The van der Waals surface area contributed by atoms with Gasteiger partial charge in [0.25, 0.3) is 0 Å². The number of thioether (sulfide) groups is 1. The first-order chi connectivity index (χ1) is 8.65. The van der Waals surface area contributed by atoms with Gasteiger partial charge in [-0.3, -0.25) is 4.79 Å². The van der Waals surface area contributed by atoms with Crippen LogP contribution in [0, 0.1) is 5.92 Å². The number of hydrogen-bond acceptors (Lipinski definition) is 4. The van der Waals surface area contributed by atoms with Crippen LogP contribution >= 0.6 is 23.1 Å². The van der Waals surface area contributed by atoms with Crippen LogP contribution in [-0.4, -0.2) is 28.8 Å². The van der Waals surface area contributed by atoms with Crippen LogP contribution in [0.3, 0.4) is 0 Å². The molecule has 0 saturated heterocycles. The first kappa shape index (κ1) is 13.4. The lowest BCUT2D eigenvalue weighted by Crippen LogP contribution is -2.41. The molecule has 98 valence electrons. The fraction of sp³-hybridized carbons (Fsp3) is 0.500. The normalized spacial score (nSPS) is 16.2. The van der Waals surface area contributed by atoms with Gasteiger partial charge in [0.1, 0.15) is 6.04 Å². The third-order valence-corrected chi connectivity index (χ3v) is 4.87. The van der Waals surface area contributed by atoms with Gasteiger partial charge in [-0.05, 0) is 23.8 Å². The van der Waals surface area contributed by atoms with Crippen LogP contribution in [0.4, 0.5) is 0 Å². The first-order valence-electron chi connectivity index (χ1n) is 5.83. The number of carbonyl (C=O) groups is 2. The Morgan fingerprint density at radius 2 is 2.33 bits per heavy atom. The highest BCUT2D eigenvalue weighted by atomic mass is 32.2. The van der Waals surface area contributed by atoms with Crippen molar-refractivity contribution in [3.63, 3.8) is 0 Å². The van der Waals surface area contributed by atoms with Crippen molar-refractivity contribution in [3.8, 4) is 0 Å². The molecule has 1 amide bonds. The number of rotatable bonds is 7. The molecular weight excluding hydrogens is 270 g/mol. The number of carboxylic acid groups (broad SMARTS) is 1. The van der Waals surface area contributed by atoms with Crippen molar-refractivity contribution in [3.05, 3.63) is 17.5 Å². The molecular formula is C12H15NO3S2. The summed E-state index contributed by atoms with van der Waals surface area (Å²) in [7, 11) is 0. The highest BCUT2D eigenvalue weighted by Gasteiger charge is 2.30. The van der Waals surface area contributed by atoms with Crippen LogP contribution in [0.2, 0.25) is 0 Å². The fourth-order valence-electron chi connectivity index (χ4n) is 1.63. The molecule has 1 atom stereocenters. The smallest absolute Gasteiger partial charge is 0.326 e. The molecule has 4 nitrogen and oxygen atoms in total. The molecule has 0 aliphatic heterocycles. The molecule has 2 N–H and O–H groups in total. The maximum atomic E-state index is 11.7. The van der Waals surface area contributed by atoms with E-state index in [4.69, 9.17) is 5.11 Å². The lowest BCUT2D eigenvalue weighted by molar-refractivity contribution is -0.141. The van der Waals surface area contributed by atoms with Gasteiger partial charge in [-0.1, -0.05) is 18.9 Å². The Labute approximate surface area is 114 Å². The van der Waals surface area contributed by atoms with Crippen molar-refractivity contribution >= 4 is 35.0 Å². The Morgan fingerprint density at radius 3 is 2.89 bits per heavy atom. The van der Waals surface area contributed by atoms with Gasteiger partial charge in [0, 0.05) is 0 Å². The number of hydrogen-bond donors (Lipinski definition) is 2. The zero-order valence-electron chi connectivity index (χ0n) is 9.80. The van der Waals surface area contributed by atoms with Gasteiger partial charge < -0.3 is 10.4 Å². The summed E-state index contributed by atoms with van der Waals surface area (Å²) in [6, 6.07) is 3.15. The summed E-state index contributed by atoms with van der Waals surface area (Å²) >= 11 is 3.01. The second kappa shape index (κ2) is 6.24. The SMILES string of the molecule is O=C(CSc1cccs1)N[C@@H](CC1CC1)C(=O)O. The quantitative estimate of drug-likeness (QED) is 0.754. The average Bonchev–Trinajstić information content (AvgIpc) is 2.99. The second-order valence-electron chi connectivity index (χ2n) is 4.36. The van der Waals surface area contributed by atoms with E-state index in [1.807, 2.05) is 17.5 Å². The summed E-state index contributed by atoms with van der Waals surface area (Å²) in [6.45, 7) is 0. The van der Waals surface area contributed by atoms with Gasteiger partial charge in [0.05, 0.1) is 9.96 Å². The van der Waals surface area contributed by atoms with Crippen LogP contribution < -0.4 is 5.32 Å². The van der Waals surface area contributed by atoms with Crippen LogP contribution in [0.15, 0.2) is 21.7 Å². The van der Waals surface area contributed by atoms with E-state index in [-0.39, 0.29) is 11.7 Å². The Bertz CT molecular complexity index is 415. The standard InChI is InChI=1S/C12H15NO3S2/c14-10(7-18-11-2-1-5-17-11)13-9(12(15)16)6-8-3-4-8/h1-2,5,8-9H,3-4,6-7H2,(H,13,14)(H,15,16)/t9-/m0/s1. The predicted octanol–water partition coefficient (Wildman–Crippen LogP) is 2.21. The van der Waals surface area contributed by atoms with Gasteiger partial charge in [0.15, 0.2) is 0 Å². The average molecular weight is 285 g/mol. The number of nitrogens with one attached hydrogen (secondary N) is 1. The van der Waals surface area contributed by atoms with Crippen LogP contribution in [0.25, 0.3) is 0 Å². The highest BCUT2D eigenvalue weighted by Crippen LogP contribution is 2.33. The minimum atomic E-state index is -0.934. The third kappa shape index (κ3) is 4.34. The van der Waals surface area contributed by atoms with Crippen molar-refractivity contribution in [1.82, 2.24) is 5.32 Å². The maximum absolute atomic E-state index is 11.7. The third-order valence-electron chi connectivity index (χ3n) is 2.74. The van der Waals surface area contributed by atoms with E-state index < -0.39 is 12.0 Å². The Morgan fingerprint density at radius 1 is 1.56 bits per heavy atom. The van der Waals surface area contributed by atoms with E-state index in [9.17, 15) is 9.59 Å². The van der Waals surface area contributed by atoms with E-state index in [1.165, 1.54) is 11.8 Å². The number of carbonyl (C=O) groups excluding carboxylic acids is 1. The van der Waals surface area contributed by atoms with Crippen LogP contribution in [0.1, 0.15) is 19.3 Å². The molecule has 0 bridgehead atoms. The van der Waals surface area contributed by atoms with Crippen molar-refractivity contribution < 1.29 is 14.7 Å². The zero-order valence-corrected chi connectivity index (χ0v) is 11.4. The minimum Gasteiger partial charge on any atom is -0.480 e. The van der Waals surface area contributed by atoms with Gasteiger partial charge in [-0.15, -0.1) is 23.1 Å². The lowest BCUT2D eigenvalue weighted by Gasteiger charge is -2.13. The topological polar surface area (TPSA) is 66.4 Å². The molecule has 0 spiro atoms. The summed E-state index contributed by atoms with van der Waals surface area (Å²) in [5.74, 6) is -0.385. The Kier molecular flexibility index (Phi) is 4.66. The van der Waals surface area contributed by atoms with Crippen molar-refractivity contribution in [2.24, 2.45) is 5.92 Å². The number of amides is 1. The summed E-state index contributed by atoms with van der Waals surface area (Å²) in [5.41, 5.74) is 0. The van der Waals surface area contributed by atoms with Crippen molar-refractivity contribution in [1.29, 1.82) is 0 Å². The number of carboxylic acids is 1. The molecule has 1 aromatic rings. The minimum absolute atomic E-state index is 0.207. The molecule has 6 heteroatoms. The monoisotopic (exact) mass is 285 g/mol. The maximum Gasteiger partial charge on any atom is 0.326 e. The van der Waals surface area contributed by atoms with E-state index in [0.717, 1.165) is 17.1 Å². The summed E-state index contributed by atoms with van der Waals surface area (Å²) in [4.78, 5) is 22.7. The Balaban J connectivity index is 1.75. The number of thiophene rings is 1. The summed E-state index contributed by atoms with van der Waals surface area (Å²) in [6.07, 6.45) is 2.73. The van der Waals surface area contributed by atoms with E-state index >= 15 is 0 Å². The lowest BCUT2D eigenvalue weighted by atomic mass is 10.1. The molecule has 18 heavy (non-hydrogen) atoms. The molecule has 1 heterocycles. The molecule has 1 aromatic heterocycles. The van der Waals surface area contributed by atoms with E-state index in [0.29, 0.717) is 12.3 Å². The van der Waals surface area contributed by atoms with Gasteiger partial charge in [0.2, 0.25) is 5.91 Å². The molecule has 1 aliphatic carbocycles. The molecule has 2 rings (SSSR count). The fourth-order valence-corrected chi connectivity index (χ4v) is 3.22. The molecule has 1 saturated carbocycles. The molecule has 1 aliphatic rings. The molecule has 0 unspecified atom stereocenters. The largest absolute Gasteiger partial charge is 0.480 e. The van der Waals surface area contributed by atoms with Crippen LogP contribution in [-0.2, 0) is 9.59 Å². The molecule has 0 aromatic carbocycles. The Hall–Kier alpha value is -1.01.